The second-order valence-corrected chi connectivity index (χ2v) is 5.20. The molecule has 0 spiro atoms. The predicted molar refractivity (Wildman–Crippen MR) is 75.8 cm³/mol. The first-order valence-corrected chi connectivity index (χ1v) is 6.89. The average Bonchev–Trinajstić information content (AvgIpc) is 2.64. The fraction of sp³-hybridized carbons (Fsp3) is 0.769. The average molecular weight is 251 g/mol. The molecule has 1 aromatic rings. The molecule has 2 rings (SSSR count). The Morgan fingerprint density at radius 1 is 1.39 bits per heavy atom. The number of hydrogen-bond donors (Lipinski definition) is 2. The van der Waals surface area contributed by atoms with E-state index < -0.39 is 0 Å². The molecule has 0 aromatic carbocycles. The molecule has 1 saturated heterocycles. The zero-order valence-electron chi connectivity index (χ0n) is 11.7. The number of piperidine rings is 1. The van der Waals surface area contributed by atoms with Crippen LogP contribution in [-0.2, 0) is 13.5 Å². The highest BCUT2D eigenvalue weighted by Gasteiger charge is 2.20. The molecule has 0 radical (unpaired) electrons. The lowest BCUT2D eigenvalue weighted by Gasteiger charge is -2.32. The summed E-state index contributed by atoms with van der Waals surface area (Å²) >= 11 is 0. The summed E-state index contributed by atoms with van der Waals surface area (Å²) in [5.74, 6) is 0.964. The fourth-order valence-electron chi connectivity index (χ4n) is 2.68. The fourth-order valence-corrected chi connectivity index (χ4v) is 2.68. The summed E-state index contributed by atoms with van der Waals surface area (Å²) in [4.78, 5) is 2.43. The number of aromatic nitrogens is 2. The topological polar surface area (TPSA) is 59.1 Å². The van der Waals surface area contributed by atoms with Gasteiger partial charge in [0.25, 0.3) is 0 Å². The molecule has 0 bridgehead atoms. The first kappa shape index (κ1) is 13.2. The standard InChI is InChI=1S/C13H25N5/c1-4-11-12(14)13(18(3)16-11)15-9-10-7-5-6-8-17(10)2/h10,15H,4-9,14H2,1-3H3. The summed E-state index contributed by atoms with van der Waals surface area (Å²) in [5, 5.41) is 7.90. The van der Waals surface area contributed by atoms with E-state index in [2.05, 4.69) is 29.3 Å². The molecule has 1 atom stereocenters. The number of nitrogens with one attached hydrogen (secondary N) is 1. The van der Waals surface area contributed by atoms with Gasteiger partial charge in [0.1, 0.15) is 5.82 Å². The van der Waals surface area contributed by atoms with E-state index in [0.29, 0.717) is 6.04 Å². The number of rotatable bonds is 4. The second kappa shape index (κ2) is 5.61. The molecule has 1 aromatic heterocycles. The van der Waals surface area contributed by atoms with Gasteiger partial charge < -0.3 is 16.0 Å². The van der Waals surface area contributed by atoms with Crippen LogP contribution in [0.25, 0.3) is 0 Å². The van der Waals surface area contributed by atoms with Crippen molar-refractivity contribution in [1.82, 2.24) is 14.7 Å². The Balaban J connectivity index is 1.99. The minimum Gasteiger partial charge on any atom is -0.394 e. The van der Waals surface area contributed by atoms with Gasteiger partial charge in [-0.15, -0.1) is 0 Å². The molecule has 0 aliphatic carbocycles. The maximum absolute atomic E-state index is 6.11. The summed E-state index contributed by atoms with van der Waals surface area (Å²) < 4.78 is 1.86. The van der Waals surface area contributed by atoms with Crippen LogP contribution >= 0.6 is 0 Å². The Kier molecular flexibility index (Phi) is 4.11. The predicted octanol–water partition coefficient (Wildman–Crippen LogP) is 1.46. The summed E-state index contributed by atoms with van der Waals surface area (Å²) in [6.07, 6.45) is 4.80. The van der Waals surface area contributed by atoms with E-state index in [1.165, 1.54) is 25.8 Å². The van der Waals surface area contributed by atoms with Crippen LogP contribution in [0.5, 0.6) is 0 Å². The molecule has 2 heterocycles. The lowest BCUT2D eigenvalue weighted by atomic mass is 10.0. The van der Waals surface area contributed by atoms with Crippen LogP contribution in [0.4, 0.5) is 11.5 Å². The Morgan fingerprint density at radius 2 is 2.17 bits per heavy atom. The normalized spacial score (nSPS) is 21.2. The lowest BCUT2D eigenvalue weighted by molar-refractivity contribution is 0.194. The number of nitrogens with zero attached hydrogens (tertiary/aromatic N) is 3. The van der Waals surface area contributed by atoms with Crippen molar-refractivity contribution in [3.8, 4) is 0 Å². The molecule has 1 unspecified atom stereocenters. The number of hydrogen-bond acceptors (Lipinski definition) is 4. The lowest BCUT2D eigenvalue weighted by Crippen LogP contribution is -2.41. The third-order valence-electron chi connectivity index (χ3n) is 3.92. The van der Waals surface area contributed by atoms with Crippen LogP contribution in [0.15, 0.2) is 0 Å². The van der Waals surface area contributed by atoms with Crippen LogP contribution in [0, 0.1) is 0 Å². The number of nitrogen functional groups attached to an aromatic ring is 1. The molecular formula is C13H25N5. The summed E-state index contributed by atoms with van der Waals surface area (Å²) in [7, 11) is 4.15. The summed E-state index contributed by atoms with van der Waals surface area (Å²) in [6, 6.07) is 0.609. The van der Waals surface area contributed by atoms with Crippen LogP contribution in [0.1, 0.15) is 31.9 Å². The number of likely N-dealkylation sites (N-methyl/N-ethyl adjacent to an activating group) is 1. The van der Waals surface area contributed by atoms with Crippen molar-refractivity contribution in [2.75, 3.05) is 31.2 Å². The van der Waals surface area contributed by atoms with E-state index in [-0.39, 0.29) is 0 Å². The van der Waals surface area contributed by atoms with E-state index in [4.69, 9.17) is 5.73 Å². The first-order chi connectivity index (χ1) is 8.63. The van der Waals surface area contributed by atoms with E-state index in [1.807, 2.05) is 11.7 Å². The van der Waals surface area contributed by atoms with Crippen LogP contribution < -0.4 is 11.1 Å². The number of likely N-dealkylation sites (tertiary alicyclic amines) is 1. The third-order valence-corrected chi connectivity index (χ3v) is 3.92. The summed E-state index contributed by atoms with van der Waals surface area (Å²) in [6.45, 7) is 4.23. The highest BCUT2D eigenvalue weighted by Crippen LogP contribution is 2.23. The minimum absolute atomic E-state index is 0.609. The van der Waals surface area contributed by atoms with Gasteiger partial charge >= 0.3 is 0 Å². The quantitative estimate of drug-likeness (QED) is 0.850. The van der Waals surface area contributed by atoms with Crippen LogP contribution in [0.2, 0.25) is 0 Å². The third kappa shape index (κ3) is 2.61. The number of nitrogens with two attached hydrogens (primary N) is 1. The first-order valence-electron chi connectivity index (χ1n) is 6.89. The van der Waals surface area contributed by atoms with E-state index >= 15 is 0 Å². The second-order valence-electron chi connectivity index (χ2n) is 5.20. The molecule has 1 fully saturated rings. The maximum Gasteiger partial charge on any atom is 0.147 e. The van der Waals surface area contributed by atoms with Gasteiger partial charge in [-0.25, -0.2) is 0 Å². The van der Waals surface area contributed by atoms with Gasteiger partial charge in [0.05, 0.1) is 11.4 Å². The van der Waals surface area contributed by atoms with Crippen molar-refractivity contribution in [3.05, 3.63) is 5.69 Å². The van der Waals surface area contributed by atoms with Crippen molar-refractivity contribution in [2.24, 2.45) is 7.05 Å². The molecule has 3 N–H and O–H groups in total. The molecule has 0 saturated carbocycles. The van der Waals surface area contributed by atoms with E-state index in [1.54, 1.807) is 0 Å². The van der Waals surface area contributed by atoms with Crippen LogP contribution in [0.3, 0.4) is 0 Å². The molecule has 1 aliphatic rings. The maximum atomic E-state index is 6.11. The molecule has 1 aliphatic heterocycles. The van der Waals surface area contributed by atoms with Gasteiger partial charge in [-0.2, -0.15) is 5.10 Å². The van der Waals surface area contributed by atoms with Gasteiger partial charge in [-0.3, -0.25) is 4.68 Å². The molecule has 18 heavy (non-hydrogen) atoms. The monoisotopic (exact) mass is 251 g/mol. The zero-order chi connectivity index (χ0) is 13.1. The van der Waals surface area contributed by atoms with Gasteiger partial charge in [-0.05, 0) is 32.9 Å². The number of anilines is 2. The Labute approximate surface area is 109 Å². The number of aryl methyl sites for hydroxylation is 2. The van der Waals surface area contributed by atoms with Crippen molar-refractivity contribution in [1.29, 1.82) is 0 Å². The highest BCUT2D eigenvalue weighted by atomic mass is 15.3. The summed E-state index contributed by atoms with van der Waals surface area (Å²) in [5.41, 5.74) is 7.89. The Bertz CT molecular complexity index is 398. The SMILES string of the molecule is CCc1nn(C)c(NCC2CCCCN2C)c1N. The van der Waals surface area contributed by atoms with Crippen molar-refractivity contribution in [2.45, 2.75) is 38.6 Å². The van der Waals surface area contributed by atoms with E-state index in [0.717, 1.165) is 30.2 Å². The smallest absolute Gasteiger partial charge is 0.147 e. The largest absolute Gasteiger partial charge is 0.394 e. The Hall–Kier alpha value is -1.23. The molecule has 0 amide bonds. The van der Waals surface area contributed by atoms with Crippen molar-refractivity contribution < 1.29 is 0 Å². The molecule has 5 heteroatoms. The zero-order valence-corrected chi connectivity index (χ0v) is 11.7. The van der Waals surface area contributed by atoms with Gasteiger partial charge in [0.15, 0.2) is 0 Å². The molecule has 5 nitrogen and oxygen atoms in total. The van der Waals surface area contributed by atoms with Gasteiger partial charge in [0, 0.05) is 19.6 Å². The molecular weight excluding hydrogens is 226 g/mol. The van der Waals surface area contributed by atoms with Crippen LogP contribution in [-0.4, -0.2) is 40.9 Å². The van der Waals surface area contributed by atoms with Crippen molar-refractivity contribution >= 4 is 11.5 Å². The highest BCUT2D eigenvalue weighted by molar-refractivity contribution is 5.65. The minimum atomic E-state index is 0.609. The van der Waals surface area contributed by atoms with E-state index in [9.17, 15) is 0 Å². The Morgan fingerprint density at radius 3 is 2.78 bits per heavy atom. The van der Waals surface area contributed by atoms with Gasteiger partial charge in [-0.1, -0.05) is 13.3 Å². The van der Waals surface area contributed by atoms with Crippen molar-refractivity contribution in [3.63, 3.8) is 0 Å². The van der Waals surface area contributed by atoms with Gasteiger partial charge in [0.2, 0.25) is 0 Å². The molecule has 102 valence electrons.